The number of halogens is 1. The van der Waals surface area contributed by atoms with Gasteiger partial charge in [0.15, 0.2) is 0 Å². The first-order chi connectivity index (χ1) is 6.66. The minimum absolute atomic E-state index is 0.187. The molecule has 1 aromatic rings. The third-order valence-electron chi connectivity index (χ3n) is 2.58. The second-order valence-electron chi connectivity index (χ2n) is 3.70. The highest BCUT2D eigenvalue weighted by Gasteiger charge is 2.09. The molecule has 1 aromatic carbocycles. The summed E-state index contributed by atoms with van der Waals surface area (Å²) in [5.41, 5.74) is 8.68. The zero-order valence-electron chi connectivity index (χ0n) is 8.89. The van der Waals surface area contributed by atoms with Gasteiger partial charge in [0.2, 0.25) is 0 Å². The van der Waals surface area contributed by atoms with Crippen LogP contribution >= 0.6 is 15.9 Å². The summed E-state index contributed by atoms with van der Waals surface area (Å²) in [7, 11) is 0. The Morgan fingerprint density at radius 1 is 1.43 bits per heavy atom. The molecule has 1 nitrogen and oxygen atoms in total. The molecule has 1 atom stereocenters. The van der Waals surface area contributed by atoms with Crippen LogP contribution in [0.3, 0.4) is 0 Å². The summed E-state index contributed by atoms with van der Waals surface area (Å²) in [6, 6.07) is 6.43. The molecule has 0 saturated carbocycles. The maximum absolute atomic E-state index is 6.13. The standard InChI is InChI=1S/C12H18BrN/c1-3-4-8-12(14)10-6-5-7-11(13)9(10)2/h5-7,12H,3-4,8,14H2,1-2H3. The highest BCUT2D eigenvalue weighted by atomic mass is 79.9. The van der Waals surface area contributed by atoms with E-state index in [2.05, 4.69) is 48.0 Å². The van der Waals surface area contributed by atoms with Gasteiger partial charge in [-0.05, 0) is 30.5 Å². The molecule has 0 heterocycles. The minimum atomic E-state index is 0.187. The predicted molar refractivity (Wildman–Crippen MR) is 65.3 cm³/mol. The van der Waals surface area contributed by atoms with Crippen LogP contribution in [0.2, 0.25) is 0 Å². The molecule has 78 valence electrons. The molecule has 0 bridgehead atoms. The fraction of sp³-hybridized carbons (Fsp3) is 0.500. The van der Waals surface area contributed by atoms with Crippen LogP contribution in [-0.4, -0.2) is 0 Å². The first-order valence-electron chi connectivity index (χ1n) is 5.17. The van der Waals surface area contributed by atoms with Crippen molar-refractivity contribution in [1.29, 1.82) is 0 Å². The van der Waals surface area contributed by atoms with Gasteiger partial charge in [0.25, 0.3) is 0 Å². The van der Waals surface area contributed by atoms with E-state index in [0.717, 1.165) is 10.9 Å². The monoisotopic (exact) mass is 255 g/mol. The quantitative estimate of drug-likeness (QED) is 0.867. The molecule has 0 amide bonds. The Morgan fingerprint density at radius 2 is 2.14 bits per heavy atom. The van der Waals surface area contributed by atoms with E-state index in [-0.39, 0.29) is 6.04 Å². The van der Waals surface area contributed by atoms with Crippen molar-refractivity contribution in [3.63, 3.8) is 0 Å². The van der Waals surface area contributed by atoms with Gasteiger partial charge >= 0.3 is 0 Å². The van der Waals surface area contributed by atoms with E-state index in [1.807, 2.05) is 0 Å². The number of unbranched alkanes of at least 4 members (excludes halogenated alkanes) is 1. The molecule has 0 fully saturated rings. The molecule has 14 heavy (non-hydrogen) atoms. The van der Waals surface area contributed by atoms with Crippen molar-refractivity contribution in [3.8, 4) is 0 Å². The van der Waals surface area contributed by atoms with E-state index < -0.39 is 0 Å². The molecule has 1 rings (SSSR count). The smallest absolute Gasteiger partial charge is 0.0297 e. The molecule has 0 aromatic heterocycles. The highest BCUT2D eigenvalue weighted by molar-refractivity contribution is 9.10. The molecular formula is C12H18BrN. The summed E-state index contributed by atoms with van der Waals surface area (Å²) < 4.78 is 1.15. The number of benzene rings is 1. The lowest BCUT2D eigenvalue weighted by molar-refractivity contribution is 0.601. The summed E-state index contributed by atoms with van der Waals surface area (Å²) in [6.45, 7) is 4.31. The van der Waals surface area contributed by atoms with Crippen LogP contribution in [0, 0.1) is 6.92 Å². The Balaban J connectivity index is 2.79. The topological polar surface area (TPSA) is 26.0 Å². The second-order valence-corrected chi connectivity index (χ2v) is 4.56. The van der Waals surface area contributed by atoms with Crippen molar-refractivity contribution in [2.75, 3.05) is 0 Å². The van der Waals surface area contributed by atoms with Gasteiger partial charge in [-0.2, -0.15) is 0 Å². The highest BCUT2D eigenvalue weighted by Crippen LogP contribution is 2.25. The van der Waals surface area contributed by atoms with Gasteiger partial charge in [0.1, 0.15) is 0 Å². The van der Waals surface area contributed by atoms with Gasteiger partial charge < -0.3 is 5.73 Å². The summed E-state index contributed by atoms with van der Waals surface area (Å²) in [5, 5.41) is 0. The van der Waals surface area contributed by atoms with E-state index >= 15 is 0 Å². The van der Waals surface area contributed by atoms with Crippen molar-refractivity contribution < 1.29 is 0 Å². The lowest BCUT2D eigenvalue weighted by atomic mass is 9.98. The number of nitrogens with two attached hydrogens (primary N) is 1. The minimum Gasteiger partial charge on any atom is -0.324 e. The van der Waals surface area contributed by atoms with Crippen molar-refractivity contribution in [1.82, 2.24) is 0 Å². The van der Waals surface area contributed by atoms with E-state index in [1.165, 1.54) is 24.0 Å². The molecule has 0 aliphatic carbocycles. The van der Waals surface area contributed by atoms with E-state index in [0.29, 0.717) is 0 Å². The SMILES string of the molecule is CCCCC(N)c1cccc(Br)c1C. The third kappa shape index (κ3) is 2.82. The van der Waals surface area contributed by atoms with Crippen molar-refractivity contribution in [2.45, 2.75) is 39.2 Å². The summed E-state index contributed by atoms with van der Waals surface area (Å²) in [5.74, 6) is 0. The lowest BCUT2D eigenvalue weighted by Gasteiger charge is -2.15. The van der Waals surface area contributed by atoms with Crippen LogP contribution in [0.25, 0.3) is 0 Å². The number of hydrogen-bond donors (Lipinski definition) is 1. The van der Waals surface area contributed by atoms with Crippen LogP contribution in [0.15, 0.2) is 22.7 Å². The average molecular weight is 256 g/mol. The Hall–Kier alpha value is -0.340. The van der Waals surface area contributed by atoms with Crippen LogP contribution in [0.4, 0.5) is 0 Å². The van der Waals surface area contributed by atoms with Crippen LogP contribution < -0.4 is 5.73 Å². The molecule has 0 aliphatic rings. The van der Waals surface area contributed by atoms with Crippen molar-refractivity contribution >= 4 is 15.9 Å². The maximum atomic E-state index is 6.13. The van der Waals surface area contributed by atoms with Crippen LogP contribution in [-0.2, 0) is 0 Å². The second kappa shape index (κ2) is 5.52. The lowest BCUT2D eigenvalue weighted by Crippen LogP contribution is -2.11. The van der Waals surface area contributed by atoms with Gasteiger partial charge in [0, 0.05) is 10.5 Å². The summed E-state index contributed by atoms with van der Waals surface area (Å²) in [4.78, 5) is 0. The van der Waals surface area contributed by atoms with Crippen LogP contribution in [0.1, 0.15) is 43.4 Å². The van der Waals surface area contributed by atoms with E-state index in [4.69, 9.17) is 5.73 Å². The fourth-order valence-electron chi connectivity index (χ4n) is 1.61. The Bertz CT molecular complexity index is 296. The predicted octanol–water partition coefficient (Wildman–Crippen LogP) is 3.95. The van der Waals surface area contributed by atoms with Gasteiger partial charge in [-0.25, -0.2) is 0 Å². The molecule has 2 heteroatoms. The van der Waals surface area contributed by atoms with Crippen molar-refractivity contribution in [3.05, 3.63) is 33.8 Å². The van der Waals surface area contributed by atoms with Gasteiger partial charge in [-0.3, -0.25) is 0 Å². The summed E-state index contributed by atoms with van der Waals surface area (Å²) in [6.07, 6.45) is 3.49. The van der Waals surface area contributed by atoms with Crippen LogP contribution in [0.5, 0.6) is 0 Å². The molecular weight excluding hydrogens is 238 g/mol. The molecule has 0 radical (unpaired) electrons. The van der Waals surface area contributed by atoms with Gasteiger partial charge in [-0.15, -0.1) is 0 Å². The Labute approximate surface area is 94.8 Å². The normalized spacial score (nSPS) is 12.9. The largest absolute Gasteiger partial charge is 0.324 e. The number of hydrogen-bond acceptors (Lipinski definition) is 1. The first-order valence-corrected chi connectivity index (χ1v) is 5.96. The molecule has 2 N–H and O–H groups in total. The van der Waals surface area contributed by atoms with Gasteiger partial charge in [-0.1, -0.05) is 47.8 Å². The van der Waals surface area contributed by atoms with Crippen molar-refractivity contribution in [2.24, 2.45) is 5.73 Å². The third-order valence-corrected chi connectivity index (χ3v) is 3.44. The average Bonchev–Trinajstić information content (AvgIpc) is 2.18. The van der Waals surface area contributed by atoms with E-state index in [1.54, 1.807) is 0 Å². The molecule has 0 saturated heterocycles. The molecule has 0 spiro atoms. The Kier molecular flexibility index (Phi) is 4.63. The Morgan fingerprint density at radius 3 is 2.79 bits per heavy atom. The van der Waals surface area contributed by atoms with Gasteiger partial charge in [0.05, 0.1) is 0 Å². The molecule has 0 aliphatic heterocycles. The maximum Gasteiger partial charge on any atom is 0.0297 e. The fourth-order valence-corrected chi connectivity index (χ4v) is 1.99. The zero-order valence-corrected chi connectivity index (χ0v) is 10.5. The zero-order chi connectivity index (χ0) is 10.6. The summed E-state index contributed by atoms with van der Waals surface area (Å²) >= 11 is 3.53. The number of rotatable bonds is 4. The first kappa shape index (κ1) is 11.7. The molecule has 1 unspecified atom stereocenters. The van der Waals surface area contributed by atoms with E-state index in [9.17, 15) is 0 Å².